The number of nitriles is 1. The first-order valence-electron chi connectivity index (χ1n) is 14.7. The molecule has 0 aliphatic heterocycles. The van der Waals surface area contributed by atoms with Crippen molar-refractivity contribution in [3.05, 3.63) is 70.8 Å². The van der Waals surface area contributed by atoms with Crippen molar-refractivity contribution in [3.63, 3.8) is 0 Å². The van der Waals surface area contributed by atoms with Crippen molar-refractivity contribution >= 4 is 0 Å². The summed E-state index contributed by atoms with van der Waals surface area (Å²) in [5.41, 5.74) is 6.48. The number of nitrogens with zero attached hydrogens (tertiary/aromatic N) is 1. The van der Waals surface area contributed by atoms with Crippen LogP contribution in [0.15, 0.2) is 48.5 Å². The maximum Gasteiger partial charge on any atom is 0.0991 e. The fourth-order valence-electron chi connectivity index (χ4n) is 10.5. The van der Waals surface area contributed by atoms with Gasteiger partial charge in [0.05, 0.1) is 11.6 Å². The maximum atomic E-state index is 9.26. The molecule has 0 unspecified atom stereocenters. The third-order valence-electron chi connectivity index (χ3n) is 11.8. The molecule has 2 aromatic carbocycles. The first-order chi connectivity index (χ1) is 17.1. The molecule has 7 saturated carbocycles. The van der Waals surface area contributed by atoms with Gasteiger partial charge in [-0.05, 0) is 127 Å². The Morgan fingerprint density at radius 3 is 1.49 bits per heavy atom. The van der Waals surface area contributed by atoms with E-state index < -0.39 is 0 Å². The Hall–Kier alpha value is -2.07. The predicted octanol–water partition coefficient (Wildman–Crippen LogP) is 8.35. The SMILES string of the molecule is CCCCCCCc1ccc(C23CC4C5CC6(c7ccc(C#N)cc7)CC4C(C2)C(C6)C5C3)cc1. The molecule has 7 aliphatic carbocycles. The van der Waals surface area contributed by atoms with Gasteiger partial charge in [0.25, 0.3) is 0 Å². The van der Waals surface area contributed by atoms with E-state index in [1.807, 2.05) is 0 Å². The monoisotopic (exact) mass is 463 g/mol. The van der Waals surface area contributed by atoms with Crippen molar-refractivity contribution in [2.45, 2.75) is 94.8 Å². The van der Waals surface area contributed by atoms with Crippen LogP contribution in [0.1, 0.15) is 99.8 Å². The summed E-state index contributed by atoms with van der Waals surface area (Å²) < 4.78 is 0. The Morgan fingerprint density at radius 1 is 0.629 bits per heavy atom. The van der Waals surface area contributed by atoms with Gasteiger partial charge in [-0.2, -0.15) is 5.26 Å². The van der Waals surface area contributed by atoms with Gasteiger partial charge in [-0.15, -0.1) is 0 Å². The van der Waals surface area contributed by atoms with Crippen LogP contribution in [0.25, 0.3) is 0 Å². The van der Waals surface area contributed by atoms with Crippen LogP contribution in [0, 0.1) is 46.8 Å². The van der Waals surface area contributed by atoms with Crippen molar-refractivity contribution in [1.29, 1.82) is 5.26 Å². The zero-order valence-corrected chi connectivity index (χ0v) is 21.5. The normalized spacial score (nSPS) is 39.8. The van der Waals surface area contributed by atoms with E-state index in [-0.39, 0.29) is 0 Å². The Labute approximate surface area is 212 Å². The average Bonchev–Trinajstić information content (AvgIpc) is 2.91. The zero-order valence-electron chi connectivity index (χ0n) is 21.5. The minimum absolute atomic E-state index is 0.410. The zero-order chi connectivity index (χ0) is 23.6. The molecule has 9 rings (SSSR count). The van der Waals surface area contributed by atoms with E-state index >= 15 is 0 Å². The highest BCUT2D eigenvalue weighted by Gasteiger charge is 2.70. The largest absolute Gasteiger partial charge is 0.192 e. The highest BCUT2D eigenvalue weighted by atomic mass is 14.7. The van der Waals surface area contributed by atoms with E-state index in [0.29, 0.717) is 10.8 Å². The second-order valence-electron chi connectivity index (χ2n) is 13.3. The summed E-state index contributed by atoms with van der Waals surface area (Å²) in [6, 6.07) is 21.1. The highest BCUT2D eigenvalue weighted by molar-refractivity contribution is 5.40. The number of hydrogen-bond acceptors (Lipinski definition) is 1. The van der Waals surface area contributed by atoms with Crippen LogP contribution in [0.5, 0.6) is 0 Å². The summed E-state index contributed by atoms with van der Waals surface area (Å²) >= 11 is 0. The second kappa shape index (κ2) is 8.23. The molecule has 0 heterocycles. The molecule has 35 heavy (non-hydrogen) atoms. The van der Waals surface area contributed by atoms with Gasteiger partial charge in [-0.25, -0.2) is 0 Å². The molecule has 1 nitrogen and oxygen atoms in total. The van der Waals surface area contributed by atoms with Gasteiger partial charge in [0.15, 0.2) is 0 Å². The molecule has 0 saturated heterocycles. The van der Waals surface area contributed by atoms with Crippen molar-refractivity contribution in [1.82, 2.24) is 0 Å². The summed E-state index contributed by atoms with van der Waals surface area (Å²) in [4.78, 5) is 0. The molecule has 0 spiro atoms. The van der Waals surface area contributed by atoms with Gasteiger partial charge < -0.3 is 0 Å². The van der Waals surface area contributed by atoms with Crippen molar-refractivity contribution in [3.8, 4) is 6.07 Å². The fourth-order valence-corrected chi connectivity index (χ4v) is 10.5. The lowest BCUT2D eigenvalue weighted by Crippen LogP contribution is -2.69. The Balaban J connectivity index is 1.09. The molecule has 0 aromatic heterocycles. The molecule has 0 amide bonds. The topological polar surface area (TPSA) is 23.8 Å². The first-order valence-corrected chi connectivity index (χ1v) is 14.7. The van der Waals surface area contributed by atoms with E-state index in [2.05, 4.69) is 61.5 Å². The standard InChI is InChI=1S/C34H41N/c1-2-3-4-5-6-7-23-8-12-25(13-9-23)33-16-27-30-19-34(26-14-10-24(22-35)11-15-26)20-31(27)29(18-33)32(21-34)28(30)17-33/h8-15,27-32H,2-7,16-21H2,1H3. The third kappa shape index (κ3) is 3.31. The minimum Gasteiger partial charge on any atom is -0.192 e. The van der Waals surface area contributed by atoms with Gasteiger partial charge in [-0.3, -0.25) is 0 Å². The lowest BCUT2D eigenvalue weighted by atomic mass is 9.29. The lowest BCUT2D eigenvalue weighted by Gasteiger charge is -2.75. The first kappa shape index (κ1) is 22.2. The summed E-state index contributed by atoms with van der Waals surface area (Å²) in [5, 5.41) is 9.26. The van der Waals surface area contributed by atoms with Crippen LogP contribution in [0.3, 0.4) is 0 Å². The van der Waals surface area contributed by atoms with Crippen molar-refractivity contribution in [2.75, 3.05) is 0 Å². The summed E-state index contributed by atoms with van der Waals surface area (Å²) in [6.07, 6.45) is 16.8. The quantitative estimate of drug-likeness (QED) is 0.361. The number of rotatable bonds is 8. The molecule has 1 heteroatoms. The van der Waals surface area contributed by atoms with Gasteiger partial charge in [0, 0.05) is 0 Å². The molecule has 7 aliphatic rings. The van der Waals surface area contributed by atoms with Gasteiger partial charge in [-0.1, -0.05) is 69.0 Å². The number of aryl methyl sites for hydroxylation is 1. The molecule has 0 N–H and O–H groups in total. The van der Waals surface area contributed by atoms with Crippen LogP contribution in [-0.2, 0) is 17.3 Å². The number of benzene rings is 2. The molecular weight excluding hydrogens is 422 g/mol. The maximum absolute atomic E-state index is 9.26. The van der Waals surface area contributed by atoms with E-state index in [1.54, 1.807) is 16.7 Å². The number of unbranched alkanes of at least 4 members (excludes halogenated alkanes) is 4. The lowest BCUT2D eigenvalue weighted by molar-refractivity contribution is -0.221. The molecule has 0 radical (unpaired) electrons. The molecular formula is C34H41N. The molecule has 2 aromatic rings. The van der Waals surface area contributed by atoms with E-state index in [1.165, 1.54) is 77.0 Å². The smallest absolute Gasteiger partial charge is 0.0991 e. The van der Waals surface area contributed by atoms with Crippen LogP contribution in [-0.4, -0.2) is 0 Å². The van der Waals surface area contributed by atoms with Crippen LogP contribution in [0.2, 0.25) is 0 Å². The van der Waals surface area contributed by atoms with E-state index in [0.717, 1.165) is 41.1 Å². The average molecular weight is 464 g/mol. The third-order valence-corrected chi connectivity index (χ3v) is 11.8. The van der Waals surface area contributed by atoms with Crippen LogP contribution < -0.4 is 0 Å². The fraction of sp³-hybridized carbons (Fsp3) is 0.618. The highest BCUT2D eigenvalue weighted by Crippen LogP contribution is 2.77. The Bertz CT molecular complexity index is 1050. The van der Waals surface area contributed by atoms with Gasteiger partial charge in [0.2, 0.25) is 0 Å². The van der Waals surface area contributed by atoms with Crippen molar-refractivity contribution in [2.24, 2.45) is 35.5 Å². The van der Waals surface area contributed by atoms with Crippen LogP contribution >= 0.6 is 0 Å². The number of hydrogen-bond donors (Lipinski definition) is 0. The summed E-state index contributed by atoms with van der Waals surface area (Å²) in [7, 11) is 0. The van der Waals surface area contributed by atoms with Gasteiger partial charge >= 0.3 is 0 Å². The Kier molecular flexibility index (Phi) is 5.21. The van der Waals surface area contributed by atoms with Crippen LogP contribution in [0.4, 0.5) is 0 Å². The van der Waals surface area contributed by atoms with E-state index in [9.17, 15) is 5.26 Å². The van der Waals surface area contributed by atoms with E-state index in [4.69, 9.17) is 0 Å². The van der Waals surface area contributed by atoms with Crippen molar-refractivity contribution < 1.29 is 0 Å². The molecule has 8 bridgehead atoms. The predicted molar refractivity (Wildman–Crippen MR) is 142 cm³/mol. The molecule has 0 atom stereocenters. The second-order valence-corrected chi connectivity index (χ2v) is 13.3. The summed E-state index contributed by atoms with van der Waals surface area (Å²) in [6.45, 7) is 2.30. The molecule has 7 fully saturated rings. The minimum atomic E-state index is 0.410. The molecule has 182 valence electrons. The van der Waals surface area contributed by atoms with Gasteiger partial charge in [0.1, 0.15) is 0 Å². The Morgan fingerprint density at radius 2 is 1.06 bits per heavy atom. The summed E-state index contributed by atoms with van der Waals surface area (Å²) in [5.74, 6) is 5.76.